The second kappa shape index (κ2) is 8.93. The molecule has 1 aliphatic heterocycles. The molecule has 2 aliphatic rings. The van der Waals surface area contributed by atoms with Gasteiger partial charge in [-0.2, -0.15) is 13.2 Å². The second-order valence-corrected chi connectivity index (χ2v) is 6.90. The third kappa shape index (κ3) is 5.24. The van der Waals surface area contributed by atoms with Gasteiger partial charge in [-0.05, 0) is 25.0 Å². The molecule has 1 heterocycles. The molecular formula is C18H25F4IN4. The van der Waals surface area contributed by atoms with Gasteiger partial charge in [0.2, 0.25) is 0 Å². The lowest BCUT2D eigenvalue weighted by Crippen LogP contribution is -2.57. The number of benzene rings is 1. The quantitative estimate of drug-likeness (QED) is 0.299. The molecule has 1 aliphatic carbocycles. The van der Waals surface area contributed by atoms with Gasteiger partial charge in [-0.1, -0.05) is 18.2 Å². The van der Waals surface area contributed by atoms with Crippen LogP contribution in [0.3, 0.4) is 0 Å². The highest BCUT2D eigenvalue weighted by Crippen LogP contribution is 2.41. The first-order valence-corrected chi connectivity index (χ1v) is 8.84. The maximum atomic E-state index is 13.9. The number of alkyl halides is 3. The maximum Gasteiger partial charge on any atom is 0.403 e. The summed E-state index contributed by atoms with van der Waals surface area (Å²) in [5.74, 6) is 0.583. The van der Waals surface area contributed by atoms with E-state index in [0.29, 0.717) is 37.7 Å². The minimum Gasteiger partial charge on any atom is -0.353 e. The molecule has 1 aromatic rings. The average molecular weight is 500 g/mol. The number of halogens is 5. The maximum absolute atomic E-state index is 13.9. The van der Waals surface area contributed by atoms with E-state index in [0.717, 1.165) is 6.42 Å². The molecule has 2 fully saturated rings. The summed E-state index contributed by atoms with van der Waals surface area (Å²) >= 11 is 0. The number of hydrogen-bond donors (Lipinski definition) is 1. The Morgan fingerprint density at radius 3 is 2.37 bits per heavy atom. The molecule has 3 rings (SSSR count). The van der Waals surface area contributed by atoms with Crippen molar-refractivity contribution in [2.45, 2.75) is 37.5 Å². The average Bonchev–Trinajstić information content (AvgIpc) is 3.38. The van der Waals surface area contributed by atoms with Crippen molar-refractivity contribution in [1.29, 1.82) is 0 Å². The molecule has 1 N–H and O–H groups in total. The zero-order chi connectivity index (χ0) is 18.9. The molecule has 4 nitrogen and oxygen atoms in total. The summed E-state index contributed by atoms with van der Waals surface area (Å²) in [6.45, 7) is 2.84. The van der Waals surface area contributed by atoms with Gasteiger partial charge in [0.05, 0.1) is 0 Å². The van der Waals surface area contributed by atoms with E-state index in [1.807, 2.05) is 11.0 Å². The van der Waals surface area contributed by atoms with Crippen LogP contribution in [0.2, 0.25) is 0 Å². The Balaban J connectivity index is 0.00000261. The van der Waals surface area contributed by atoms with Gasteiger partial charge in [0.1, 0.15) is 11.9 Å². The van der Waals surface area contributed by atoms with Gasteiger partial charge in [-0.25, -0.2) is 4.39 Å². The molecule has 9 heteroatoms. The molecule has 0 spiro atoms. The van der Waals surface area contributed by atoms with E-state index in [2.05, 4.69) is 10.3 Å². The number of hydrogen-bond acceptors (Lipinski definition) is 2. The van der Waals surface area contributed by atoms with Gasteiger partial charge < -0.3 is 10.2 Å². The van der Waals surface area contributed by atoms with Gasteiger partial charge in [-0.3, -0.25) is 9.89 Å². The van der Waals surface area contributed by atoms with Crippen molar-refractivity contribution < 1.29 is 17.6 Å². The second-order valence-electron chi connectivity index (χ2n) is 6.90. The molecule has 0 bridgehead atoms. The molecule has 3 unspecified atom stereocenters. The van der Waals surface area contributed by atoms with Crippen LogP contribution in [0.15, 0.2) is 29.3 Å². The summed E-state index contributed by atoms with van der Waals surface area (Å²) in [6, 6.07) is 5.42. The fraction of sp³-hybridized carbons (Fsp3) is 0.611. The van der Waals surface area contributed by atoms with Crippen molar-refractivity contribution in [3.63, 3.8) is 0 Å². The zero-order valence-electron chi connectivity index (χ0n) is 15.3. The fourth-order valence-electron chi connectivity index (χ4n) is 3.47. The molecular weight excluding hydrogens is 475 g/mol. The summed E-state index contributed by atoms with van der Waals surface area (Å²) in [7, 11) is 1.66. The van der Waals surface area contributed by atoms with E-state index in [1.54, 1.807) is 19.2 Å². The van der Waals surface area contributed by atoms with Crippen LogP contribution < -0.4 is 5.32 Å². The predicted molar refractivity (Wildman–Crippen MR) is 108 cm³/mol. The Kier molecular flexibility index (Phi) is 7.34. The summed E-state index contributed by atoms with van der Waals surface area (Å²) in [5, 5.41) is 3.33. The monoisotopic (exact) mass is 500 g/mol. The first-order valence-electron chi connectivity index (χ1n) is 8.84. The Morgan fingerprint density at radius 1 is 1.19 bits per heavy atom. The number of aliphatic imine (C=N–C) groups is 1. The highest BCUT2D eigenvalue weighted by atomic mass is 127. The highest BCUT2D eigenvalue weighted by molar-refractivity contribution is 14.0. The summed E-state index contributed by atoms with van der Waals surface area (Å²) < 4.78 is 52.4. The van der Waals surface area contributed by atoms with Crippen molar-refractivity contribution in [3.05, 3.63) is 35.6 Å². The minimum atomic E-state index is -4.21. The lowest BCUT2D eigenvalue weighted by Gasteiger charge is -2.39. The Labute approximate surface area is 174 Å². The van der Waals surface area contributed by atoms with Crippen LogP contribution in [0.25, 0.3) is 0 Å². The summed E-state index contributed by atoms with van der Waals surface area (Å²) in [4.78, 5) is 7.67. The summed E-state index contributed by atoms with van der Waals surface area (Å²) in [6.07, 6.45) is -3.38. The lowest BCUT2D eigenvalue weighted by molar-refractivity contribution is -0.181. The van der Waals surface area contributed by atoms with Gasteiger partial charge in [0.15, 0.2) is 5.96 Å². The van der Waals surface area contributed by atoms with Crippen LogP contribution >= 0.6 is 24.0 Å². The highest BCUT2D eigenvalue weighted by Gasteiger charge is 2.43. The molecule has 1 saturated heterocycles. The SMILES string of the molecule is CN=C(NC1CC1c1ccccc1F)N1CCN(C(C)C(F)(F)F)CC1.I. The third-order valence-electron chi connectivity index (χ3n) is 5.26. The molecule has 152 valence electrons. The van der Waals surface area contributed by atoms with Gasteiger partial charge >= 0.3 is 6.18 Å². The smallest absolute Gasteiger partial charge is 0.353 e. The molecule has 0 amide bonds. The first-order chi connectivity index (χ1) is 12.3. The van der Waals surface area contributed by atoms with Gasteiger partial charge in [-0.15, -0.1) is 24.0 Å². The van der Waals surface area contributed by atoms with Crippen molar-refractivity contribution in [2.75, 3.05) is 33.2 Å². The molecule has 0 aromatic heterocycles. The minimum absolute atomic E-state index is 0. The number of rotatable bonds is 3. The van der Waals surface area contributed by atoms with E-state index in [4.69, 9.17) is 0 Å². The molecule has 3 atom stereocenters. The topological polar surface area (TPSA) is 30.9 Å². The van der Waals surface area contributed by atoms with Crippen LogP contribution in [0.5, 0.6) is 0 Å². The van der Waals surface area contributed by atoms with Crippen molar-refractivity contribution in [1.82, 2.24) is 15.1 Å². The lowest BCUT2D eigenvalue weighted by atomic mass is 10.1. The van der Waals surface area contributed by atoms with E-state index < -0.39 is 12.2 Å². The number of nitrogens with zero attached hydrogens (tertiary/aromatic N) is 3. The van der Waals surface area contributed by atoms with Crippen LogP contribution in [0.4, 0.5) is 17.6 Å². The van der Waals surface area contributed by atoms with E-state index >= 15 is 0 Å². The standard InChI is InChI=1S/C18H24F4N4.HI/c1-12(18(20,21)22)25-7-9-26(10-8-25)17(23-2)24-16-11-14(16)13-5-3-4-6-15(13)19;/h3-6,12,14,16H,7-11H2,1-2H3,(H,23,24);1H. The van der Waals surface area contributed by atoms with E-state index in [-0.39, 0.29) is 41.8 Å². The Morgan fingerprint density at radius 2 is 1.81 bits per heavy atom. The Hall–Kier alpha value is -1.10. The van der Waals surface area contributed by atoms with E-state index in [9.17, 15) is 17.6 Å². The molecule has 1 aromatic carbocycles. The van der Waals surface area contributed by atoms with Crippen molar-refractivity contribution in [3.8, 4) is 0 Å². The fourth-order valence-corrected chi connectivity index (χ4v) is 3.47. The predicted octanol–water partition coefficient (Wildman–Crippen LogP) is 3.44. The van der Waals surface area contributed by atoms with Crippen molar-refractivity contribution in [2.24, 2.45) is 4.99 Å². The zero-order valence-corrected chi connectivity index (χ0v) is 17.7. The van der Waals surface area contributed by atoms with Gasteiger partial charge in [0.25, 0.3) is 0 Å². The number of piperazine rings is 1. The molecule has 27 heavy (non-hydrogen) atoms. The van der Waals surface area contributed by atoms with Crippen LogP contribution in [0.1, 0.15) is 24.8 Å². The van der Waals surface area contributed by atoms with E-state index in [1.165, 1.54) is 17.9 Å². The third-order valence-corrected chi connectivity index (χ3v) is 5.26. The van der Waals surface area contributed by atoms with Crippen LogP contribution in [0, 0.1) is 5.82 Å². The Bertz CT molecular complexity index is 659. The van der Waals surface area contributed by atoms with Gasteiger partial charge in [0, 0.05) is 45.2 Å². The normalized spacial score (nSPS) is 25.0. The molecule has 1 saturated carbocycles. The summed E-state index contributed by atoms with van der Waals surface area (Å²) in [5.41, 5.74) is 0.698. The van der Waals surface area contributed by atoms with Crippen LogP contribution in [-0.4, -0.2) is 67.2 Å². The number of guanidine groups is 1. The van der Waals surface area contributed by atoms with Crippen LogP contribution in [-0.2, 0) is 0 Å². The van der Waals surface area contributed by atoms with Crippen molar-refractivity contribution >= 4 is 29.9 Å². The first kappa shape index (κ1) is 22.2. The number of nitrogens with one attached hydrogen (secondary N) is 1. The molecule has 0 radical (unpaired) electrons. The largest absolute Gasteiger partial charge is 0.403 e.